The summed E-state index contributed by atoms with van der Waals surface area (Å²) in [4.78, 5) is 2.52. The molecule has 1 aliphatic carbocycles. The third-order valence-corrected chi connectivity index (χ3v) is 4.85. The molecule has 4 heteroatoms. The van der Waals surface area contributed by atoms with Gasteiger partial charge < -0.3 is 5.32 Å². The van der Waals surface area contributed by atoms with Crippen LogP contribution in [0.3, 0.4) is 0 Å². The second kappa shape index (κ2) is 6.01. The van der Waals surface area contributed by atoms with Gasteiger partial charge in [0.1, 0.15) is 0 Å². The van der Waals surface area contributed by atoms with Crippen LogP contribution in [0.2, 0.25) is 10.0 Å². The number of rotatable bonds is 5. The maximum absolute atomic E-state index is 6.27. The minimum Gasteiger partial charge on any atom is -0.312 e. The highest BCUT2D eigenvalue weighted by molar-refractivity contribution is 6.35. The van der Waals surface area contributed by atoms with Crippen molar-refractivity contribution in [3.8, 4) is 0 Å². The van der Waals surface area contributed by atoms with Gasteiger partial charge in [0.05, 0.1) is 0 Å². The number of nitrogens with zero attached hydrogens (tertiary/aromatic N) is 1. The predicted octanol–water partition coefficient (Wildman–Crippen LogP) is 3.71. The Balaban J connectivity index is 1.63. The average Bonchev–Trinajstić information content (AvgIpc) is 3.11. The first-order valence-electron chi connectivity index (χ1n) is 7.14. The molecule has 0 aromatic heterocycles. The van der Waals surface area contributed by atoms with Crippen LogP contribution in [0.1, 0.15) is 31.2 Å². The molecular formula is C15H20Cl2N2. The molecule has 0 amide bonds. The highest BCUT2D eigenvalue weighted by Crippen LogP contribution is 2.29. The first-order chi connectivity index (χ1) is 9.24. The first kappa shape index (κ1) is 13.7. The molecule has 1 saturated heterocycles. The number of nitrogens with one attached hydrogen (secondary N) is 1. The molecule has 2 nitrogen and oxygen atoms in total. The zero-order chi connectivity index (χ0) is 13.2. The van der Waals surface area contributed by atoms with E-state index in [9.17, 15) is 0 Å². The average molecular weight is 299 g/mol. The minimum atomic E-state index is 0.632. The van der Waals surface area contributed by atoms with Gasteiger partial charge in [-0.25, -0.2) is 0 Å². The molecule has 3 rings (SSSR count). The third kappa shape index (κ3) is 3.43. The summed E-state index contributed by atoms with van der Waals surface area (Å²) in [6.45, 7) is 3.13. The predicted molar refractivity (Wildman–Crippen MR) is 80.9 cm³/mol. The van der Waals surface area contributed by atoms with Gasteiger partial charge in [-0.15, -0.1) is 0 Å². The standard InChI is InChI=1S/C15H20Cl2N2/c16-14-4-1-5-15(17)13(14)10-19-8-2-3-12(19)9-18-11-6-7-11/h1,4-5,11-12,18H,2-3,6-10H2. The Kier molecular flexibility index (Phi) is 4.33. The van der Waals surface area contributed by atoms with E-state index in [0.29, 0.717) is 6.04 Å². The van der Waals surface area contributed by atoms with Gasteiger partial charge in [0.2, 0.25) is 0 Å². The fourth-order valence-corrected chi connectivity index (χ4v) is 3.33. The topological polar surface area (TPSA) is 15.3 Å². The van der Waals surface area contributed by atoms with E-state index in [4.69, 9.17) is 23.2 Å². The molecule has 1 aromatic carbocycles. The SMILES string of the molecule is Clc1cccc(Cl)c1CN1CCCC1CNC1CC1. The van der Waals surface area contributed by atoms with Crippen LogP contribution in [0.5, 0.6) is 0 Å². The summed E-state index contributed by atoms with van der Waals surface area (Å²) in [5, 5.41) is 5.21. The van der Waals surface area contributed by atoms with Crippen molar-refractivity contribution in [1.29, 1.82) is 0 Å². The summed E-state index contributed by atoms with van der Waals surface area (Å²) >= 11 is 12.5. The Morgan fingerprint density at radius 2 is 1.89 bits per heavy atom. The maximum atomic E-state index is 6.27. The van der Waals surface area contributed by atoms with Gasteiger partial charge in [-0.05, 0) is 44.4 Å². The number of halogens is 2. The molecule has 1 heterocycles. The van der Waals surface area contributed by atoms with E-state index < -0.39 is 0 Å². The van der Waals surface area contributed by atoms with Crippen LogP contribution in [-0.4, -0.2) is 30.1 Å². The summed E-state index contributed by atoms with van der Waals surface area (Å²) < 4.78 is 0. The van der Waals surface area contributed by atoms with E-state index >= 15 is 0 Å². The van der Waals surface area contributed by atoms with Gasteiger partial charge in [0.15, 0.2) is 0 Å². The quantitative estimate of drug-likeness (QED) is 0.891. The fourth-order valence-electron chi connectivity index (χ4n) is 2.81. The molecule has 0 bridgehead atoms. The number of hydrogen-bond acceptors (Lipinski definition) is 2. The Bertz CT molecular complexity index is 426. The minimum absolute atomic E-state index is 0.632. The highest BCUT2D eigenvalue weighted by atomic mass is 35.5. The van der Waals surface area contributed by atoms with Crippen molar-refractivity contribution in [2.24, 2.45) is 0 Å². The first-order valence-corrected chi connectivity index (χ1v) is 7.90. The van der Waals surface area contributed by atoms with Crippen LogP contribution in [-0.2, 0) is 6.54 Å². The van der Waals surface area contributed by atoms with Gasteiger partial charge in [0.25, 0.3) is 0 Å². The Hall–Kier alpha value is -0.280. The maximum Gasteiger partial charge on any atom is 0.0465 e. The number of likely N-dealkylation sites (tertiary alicyclic amines) is 1. The Morgan fingerprint density at radius 1 is 1.16 bits per heavy atom. The zero-order valence-corrected chi connectivity index (χ0v) is 12.6. The summed E-state index contributed by atoms with van der Waals surface area (Å²) in [7, 11) is 0. The molecule has 1 saturated carbocycles. The van der Waals surface area contributed by atoms with Crippen molar-refractivity contribution >= 4 is 23.2 Å². The van der Waals surface area contributed by atoms with E-state index in [1.807, 2.05) is 18.2 Å². The normalized spacial score (nSPS) is 24.0. The number of hydrogen-bond donors (Lipinski definition) is 1. The van der Waals surface area contributed by atoms with Gasteiger partial charge in [-0.3, -0.25) is 4.90 Å². The smallest absolute Gasteiger partial charge is 0.0465 e. The molecular weight excluding hydrogens is 279 g/mol. The molecule has 2 aliphatic rings. The van der Waals surface area contributed by atoms with Crippen molar-refractivity contribution in [1.82, 2.24) is 10.2 Å². The van der Waals surface area contributed by atoms with Crippen molar-refractivity contribution in [3.05, 3.63) is 33.8 Å². The van der Waals surface area contributed by atoms with Crippen molar-refractivity contribution in [2.45, 2.75) is 44.3 Å². The lowest BCUT2D eigenvalue weighted by Crippen LogP contribution is -2.38. The van der Waals surface area contributed by atoms with E-state index in [2.05, 4.69) is 10.2 Å². The lowest BCUT2D eigenvalue weighted by Gasteiger charge is -2.25. The molecule has 104 valence electrons. The van der Waals surface area contributed by atoms with Crippen LogP contribution in [0.25, 0.3) is 0 Å². The molecule has 1 atom stereocenters. The summed E-state index contributed by atoms with van der Waals surface area (Å²) in [5.41, 5.74) is 1.07. The largest absolute Gasteiger partial charge is 0.312 e. The van der Waals surface area contributed by atoms with Crippen molar-refractivity contribution in [2.75, 3.05) is 13.1 Å². The highest BCUT2D eigenvalue weighted by Gasteiger charge is 2.28. The molecule has 0 radical (unpaired) electrons. The molecule has 2 fully saturated rings. The fraction of sp³-hybridized carbons (Fsp3) is 0.600. The van der Waals surface area contributed by atoms with Gasteiger partial charge in [0, 0.05) is 40.8 Å². The second-order valence-electron chi connectivity index (χ2n) is 5.65. The lowest BCUT2D eigenvalue weighted by molar-refractivity contribution is 0.239. The molecule has 1 aliphatic heterocycles. The molecule has 1 aromatic rings. The molecule has 0 spiro atoms. The zero-order valence-electron chi connectivity index (χ0n) is 11.0. The van der Waals surface area contributed by atoms with Gasteiger partial charge >= 0.3 is 0 Å². The lowest BCUT2D eigenvalue weighted by atomic mass is 10.1. The van der Waals surface area contributed by atoms with E-state index in [0.717, 1.165) is 41.3 Å². The van der Waals surface area contributed by atoms with Gasteiger partial charge in [-0.2, -0.15) is 0 Å². The second-order valence-corrected chi connectivity index (χ2v) is 6.46. The monoisotopic (exact) mass is 298 g/mol. The van der Waals surface area contributed by atoms with Gasteiger partial charge in [-0.1, -0.05) is 29.3 Å². The van der Waals surface area contributed by atoms with E-state index in [1.165, 1.54) is 25.7 Å². The van der Waals surface area contributed by atoms with Crippen molar-refractivity contribution in [3.63, 3.8) is 0 Å². The van der Waals surface area contributed by atoms with Crippen LogP contribution < -0.4 is 5.32 Å². The van der Waals surface area contributed by atoms with Crippen molar-refractivity contribution < 1.29 is 0 Å². The van der Waals surface area contributed by atoms with E-state index in [-0.39, 0.29) is 0 Å². The van der Waals surface area contributed by atoms with E-state index in [1.54, 1.807) is 0 Å². The summed E-state index contributed by atoms with van der Waals surface area (Å²) in [6, 6.07) is 7.18. The molecule has 1 N–H and O–H groups in total. The molecule has 1 unspecified atom stereocenters. The van der Waals surface area contributed by atoms with Crippen LogP contribution in [0, 0.1) is 0 Å². The molecule has 19 heavy (non-hydrogen) atoms. The summed E-state index contributed by atoms with van der Waals surface area (Å²) in [5.74, 6) is 0. The summed E-state index contributed by atoms with van der Waals surface area (Å²) in [6.07, 6.45) is 5.26. The van der Waals surface area contributed by atoms with Crippen LogP contribution >= 0.6 is 23.2 Å². The Morgan fingerprint density at radius 3 is 2.58 bits per heavy atom. The number of benzene rings is 1. The van der Waals surface area contributed by atoms with Crippen LogP contribution in [0.15, 0.2) is 18.2 Å². The van der Waals surface area contributed by atoms with Crippen LogP contribution in [0.4, 0.5) is 0 Å². The third-order valence-electron chi connectivity index (χ3n) is 4.14. The Labute approximate surface area is 125 Å².